The predicted molar refractivity (Wildman–Crippen MR) is 334 cm³/mol. The van der Waals surface area contributed by atoms with Crippen LogP contribution in [-0.2, 0) is 9.47 Å². The molecule has 0 radical (unpaired) electrons. The summed E-state index contributed by atoms with van der Waals surface area (Å²) in [6, 6.07) is 0. The van der Waals surface area contributed by atoms with Crippen LogP contribution in [0.4, 0.5) is 0 Å². The molecule has 0 aromatic rings. The van der Waals surface area contributed by atoms with E-state index in [9.17, 15) is 102 Å². The van der Waals surface area contributed by atoms with Crippen LogP contribution in [0, 0.1) is 5.92 Å². The van der Waals surface area contributed by atoms with Crippen molar-refractivity contribution in [3.63, 3.8) is 0 Å². The number of ether oxygens (including phenoxy) is 2. The number of aliphatic hydroxyl groups excluding tert-OH is 21. The highest BCUT2D eigenvalue weighted by atomic mass is 16.6. The SMILES string of the molecule is C=CCC/C=C/C=C/C=C/CC/C=C/C(O)C(O)C1OC(C(O)C(O)C(=C)CCC(O)C2CC(O)C(O)C(C(O)C(O)/C=C(\C)CCC(O)CC(O)C(O)C(C)C(O)C(O)C/C=C/CC(O)/C=C/CC(O)CCCC(O)CCCC(O)CO)O2)CC(O)C1O. The summed E-state index contributed by atoms with van der Waals surface area (Å²) in [5.74, 6) is -1.04. The topological polar surface area (TPSA) is 443 Å². The third kappa shape index (κ3) is 31.5. The van der Waals surface area contributed by atoms with E-state index in [4.69, 9.17) is 14.6 Å². The van der Waals surface area contributed by atoms with Gasteiger partial charge < -0.3 is 117 Å². The standard InChI is InChI=1S/C66H112O23/c1-5-6-7-8-9-10-11-12-13-14-15-16-29-50(75)60(83)65-63(86)54(79)38-56(89-65)64(87)57(80)41(3)32-34-48(73)55-37-53(78)62(85)66(88-55)61(84)51(76)35-40(2)31-33-46(71)36-52(77)59(82)42(4)58(81)49(74)30-18-17-22-43(68)23-19-24-44(69)25-20-26-45(70)27-21-28-47(72)39-67/h5,8-13,16-19,23,29,35,42-87H,1,3,6-7,14-15,20-22,24-28,30-34,36-39H2,2,4H3/b9-8+,11-10+,13-12+,18-17+,23-19+,29-16+,40-35+. The smallest absolute Gasteiger partial charge is 0.115 e. The van der Waals surface area contributed by atoms with Gasteiger partial charge in [-0.15, -0.1) is 6.58 Å². The van der Waals surface area contributed by atoms with Crippen molar-refractivity contribution >= 4 is 0 Å². The van der Waals surface area contributed by atoms with Crippen LogP contribution in [0.3, 0.4) is 0 Å². The first kappa shape index (κ1) is 81.8. The first-order chi connectivity index (χ1) is 42.1. The normalized spacial score (nSPS) is 27.5. The summed E-state index contributed by atoms with van der Waals surface area (Å²) in [6.45, 7) is 10.2. The lowest BCUT2D eigenvalue weighted by molar-refractivity contribution is -0.234. The summed E-state index contributed by atoms with van der Waals surface area (Å²) < 4.78 is 11.6. The minimum atomic E-state index is -1.84. The lowest BCUT2D eigenvalue weighted by Crippen LogP contribution is -2.59. The maximum Gasteiger partial charge on any atom is 0.115 e. The van der Waals surface area contributed by atoms with Crippen LogP contribution in [0.1, 0.15) is 142 Å². The third-order valence-electron chi connectivity index (χ3n) is 16.5. The molecule has 2 aliphatic rings. The largest absolute Gasteiger partial charge is 0.394 e. The van der Waals surface area contributed by atoms with Crippen LogP contribution in [0.5, 0.6) is 0 Å². The fraction of sp³-hybridized carbons (Fsp3) is 0.727. The van der Waals surface area contributed by atoms with Gasteiger partial charge in [0.15, 0.2) is 0 Å². The molecule has 2 rings (SSSR count). The molecule has 0 bridgehead atoms. The molecule has 89 heavy (non-hydrogen) atoms. The molecule has 0 aromatic carbocycles. The van der Waals surface area contributed by atoms with Crippen LogP contribution in [0.25, 0.3) is 0 Å². The van der Waals surface area contributed by atoms with Crippen molar-refractivity contribution in [3.05, 3.63) is 109 Å². The zero-order valence-corrected chi connectivity index (χ0v) is 52.0. The molecule has 25 unspecified atom stereocenters. The Morgan fingerprint density at radius 1 is 0.517 bits per heavy atom. The van der Waals surface area contributed by atoms with Gasteiger partial charge in [0.2, 0.25) is 0 Å². The number of unbranched alkanes of at least 4 members (excludes halogenated alkanes) is 2. The molecule has 2 aliphatic heterocycles. The van der Waals surface area contributed by atoms with Crippen LogP contribution in [0.15, 0.2) is 109 Å². The summed E-state index contributed by atoms with van der Waals surface area (Å²) in [7, 11) is 0. The Balaban J connectivity index is 1.82. The van der Waals surface area contributed by atoms with Gasteiger partial charge in [-0.05, 0) is 122 Å². The van der Waals surface area contributed by atoms with E-state index in [0.29, 0.717) is 63.4 Å². The van der Waals surface area contributed by atoms with Gasteiger partial charge in [-0.1, -0.05) is 104 Å². The molecule has 514 valence electrons. The lowest BCUT2D eigenvalue weighted by Gasteiger charge is -2.42. The second-order valence-electron chi connectivity index (χ2n) is 24.2. The molecular formula is C66H112O23. The van der Waals surface area contributed by atoms with Gasteiger partial charge in [-0.2, -0.15) is 0 Å². The minimum Gasteiger partial charge on any atom is -0.394 e. The fourth-order valence-corrected chi connectivity index (χ4v) is 10.6. The molecule has 0 aliphatic carbocycles. The molecule has 2 heterocycles. The van der Waals surface area contributed by atoms with Gasteiger partial charge in [-0.3, -0.25) is 0 Å². The van der Waals surface area contributed by atoms with Gasteiger partial charge >= 0.3 is 0 Å². The number of allylic oxidation sites excluding steroid dienone is 9. The van der Waals surface area contributed by atoms with Crippen molar-refractivity contribution in [3.8, 4) is 0 Å². The predicted octanol–water partition coefficient (Wildman–Crippen LogP) is 0.195. The molecule has 2 saturated heterocycles. The van der Waals surface area contributed by atoms with E-state index in [1.165, 1.54) is 25.2 Å². The second kappa shape index (κ2) is 45.1. The quantitative estimate of drug-likeness (QED) is 0.0220. The van der Waals surface area contributed by atoms with Crippen molar-refractivity contribution in [1.29, 1.82) is 0 Å². The molecule has 0 aromatic heterocycles. The van der Waals surface area contributed by atoms with E-state index in [1.807, 2.05) is 42.5 Å². The second-order valence-corrected chi connectivity index (χ2v) is 24.2. The van der Waals surface area contributed by atoms with Crippen LogP contribution >= 0.6 is 0 Å². The van der Waals surface area contributed by atoms with Crippen molar-refractivity contribution in [2.75, 3.05) is 6.61 Å². The Hall–Kier alpha value is -3.26. The first-order valence-corrected chi connectivity index (χ1v) is 31.6. The molecule has 0 spiro atoms. The average molecular weight is 1270 g/mol. The van der Waals surface area contributed by atoms with Crippen molar-refractivity contribution in [1.82, 2.24) is 0 Å². The van der Waals surface area contributed by atoms with E-state index >= 15 is 0 Å². The molecule has 25 atom stereocenters. The Labute approximate surface area is 525 Å². The van der Waals surface area contributed by atoms with E-state index in [-0.39, 0.29) is 70.0 Å². The van der Waals surface area contributed by atoms with E-state index in [1.54, 1.807) is 31.2 Å². The highest BCUT2D eigenvalue weighted by Gasteiger charge is 2.47. The van der Waals surface area contributed by atoms with Crippen molar-refractivity contribution in [2.24, 2.45) is 5.92 Å². The molecule has 2 fully saturated rings. The summed E-state index contributed by atoms with van der Waals surface area (Å²) in [6.07, 6.45) is -4.74. The monoisotopic (exact) mass is 1270 g/mol. The molecule has 0 amide bonds. The molecular weight excluding hydrogens is 1160 g/mol. The third-order valence-corrected chi connectivity index (χ3v) is 16.5. The minimum absolute atomic E-state index is 0.000546. The average Bonchev–Trinajstić information content (AvgIpc) is 1.55. The van der Waals surface area contributed by atoms with E-state index < -0.39 is 152 Å². The Morgan fingerprint density at radius 2 is 1.04 bits per heavy atom. The Morgan fingerprint density at radius 3 is 1.65 bits per heavy atom. The lowest BCUT2D eigenvalue weighted by atomic mass is 9.86. The highest BCUT2D eigenvalue weighted by Crippen LogP contribution is 2.32. The van der Waals surface area contributed by atoms with E-state index in [0.717, 1.165) is 12.8 Å². The summed E-state index contributed by atoms with van der Waals surface area (Å²) in [5.41, 5.74) is 0.448. The molecule has 23 heteroatoms. The van der Waals surface area contributed by atoms with Crippen LogP contribution in [0.2, 0.25) is 0 Å². The zero-order chi connectivity index (χ0) is 66.8. The van der Waals surface area contributed by atoms with Crippen LogP contribution < -0.4 is 0 Å². The zero-order valence-electron chi connectivity index (χ0n) is 52.0. The Kier molecular flexibility index (Phi) is 41.5. The van der Waals surface area contributed by atoms with Gasteiger partial charge in [0.1, 0.15) is 61.0 Å². The van der Waals surface area contributed by atoms with Gasteiger partial charge in [0.05, 0.1) is 92.1 Å². The maximum atomic E-state index is 11.2. The fourth-order valence-electron chi connectivity index (χ4n) is 10.6. The van der Waals surface area contributed by atoms with Gasteiger partial charge in [0.25, 0.3) is 0 Å². The highest BCUT2D eigenvalue weighted by molar-refractivity contribution is 5.13. The number of aliphatic hydroxyl groups is 21. The van der Waals surface area contributed by atoms with E-state index in [2.05, 4.69) is 13.2 Å². The summed E-state index contributed by atoms with van der Waals surface area (Å²) >= 11 is 0. The summed E-state index contributed by atoms with van der Waals surface area (Å²) in [5, 5.41) is 223. The van der Waals surface area contributed by atoms with Crippen molar-refractivity contribution < 1.29 is 117 Å². The number of hydrogen-bond acceptors (Lipinski definition) is 23. The number of hydrogen-bond donors (Lipinski definition) is 21. The maximum absolute atomic E-state index is 11.2. The summed E-state index contributed by atoms with van der Waals surface area (Å²) in [4.78, 5) is 0. The molecule has 23 nitrogen and oxygen atoms in total. The Bertz CT molecular complexity index is 2120. The molecule has 21 N–H and O–H groups in total. The molecule has 0 saturated carbocycles. The van der Waals surface area contributed by atoms with Gasteiger partial charge in [0, 0.05) is 25.2 Å². The first-order valence-electron chi connectivity index (χ1n) is 31.6. The van der Waals surface area contributed by atoms with Gasteiger partial charge in [-0.25, -0.2) is 0 Å². The van der Waals surface area contributed by atoms with Crippen molar-refractivity contribution in [2.45, 2.75) is 289 Å². The number of rotatable bonds is 46. The van der Waals surface area contributed by atoms with Crippen LogP contribution in [-0.4, -0.2) is 260 Å².